The van der Waals surface area contributed by atoms with E-state index in [-0.39, 0.29) is 0 Å². The summed E-state index contributed by atoms with van der Waals surface area (Å²) in [6.07, 6.45) is 3.97. The molecule has 0 aromatic carbocycles. The maximum atomic E-state index is 5.05. The van der Waals surface area contributed by atoms with Crippen LogP contribution in [0.15, 0.2) is 6.07 Å². The van der Waals surface area contributed by atoms with Crippen LogP contribution in [0.1, 0.15) is 38.2 Å². The van der Waals surface area contributed by atoms with Crippen molar-refractivity contribution < 1.29 is 4.74 Å². The first-order valence-electron chi connectivity index (χ1n) is 6.39. The van der Waals surface area contributed by atoms with Crippen molar-refractivity contribution in [3.05, 3.63) is 17.6 Å². The van der Waals surface area contributed by atoms with Crippen molar-refractivity contribution in [1.82, 2.24) is 9.97 Å². The standard InChI is InChI=1S/C13H23N3O/c1-4-7-11-10-13(14-5-2)16-12(15-11)8-6-9-17-3/h10H,4-9H2,1-3H3,(H,14,15,16). The lowest BCUT2D eigenvalue weighted by molar-refractivity contribution is 0.194. The van der Waals surface area contributed by atoms with Crippen LogP contribution in [0, 0.1) is 0 Å². The average molecular weight is 237 g/mol. The monoisotopic (exact) mass is 237 g/mol. The van der Waals surface area contributed by atoms with Crippen LogP contribution in [0.2, 0.25) is 0 Å². The summed E-state index contributed by atoms with van der Waals surface area (Å²) in [4.78, 5) is 9.07. The molecule has 1 aromatic rings. The fourth-order valence-corrected chi connectivity index (χ4v) is 1.69. The summed E-state index contributed by atoms with van der Waals surface area (Å²) in [6, 6.07) is 2.05. The third kappa shape index (κ3) is 5.13. The number of anilines is 1. The molecule has 0 aliphatic rings. The lowest BCUT2D eigenvalue weighted by Crippen LogP contribution is -2.07. The number of aryl methyl sites for hydroxylation is 2. The SMILES string of the molecule is CCCc1cc(NCC)nc(CCCOC)n1. The minimum atomic E-state index is 0.762. The molecule has 4 heteroatoms. The van der Waals surface area contributed by atoms with Crippen LogP contribution in [-0.2, 0) is 17.6 Å². The summed E-state index contributed by atoms with van der Waals surface area (Å²) < 4.78 is 5.05. The number of rotatable bonds is 8. The Kier molecular flexibility index (Phi) is 6.55. The summed E-state index contributed by atoms with van der Waals surface area (Å²) in [5, 5.41) is 3.25. The van der Waals surface area contributed by atoms with E-state index in [4.69, 9.17) is 4.74 Å². The number of hydrogen-bond acceptors (Lipinski definition) is 4. The molecule has 0 aliphatic carbocycles. The Morgan fingerprint density at radius 3 is 2.71 bits per heavy atom. The van der Waals surface area contributed by atoms with Crippen LogP contribution in [0.25, 0.3) is 0 Å². The van der Waals surface area contributed by atoms with Crippen LogP contribution in [0.4, 0.5) is 5.82 Å². The second-order valence-electron chi connectivity index (χ2n) is 4.04. The minimum Gasteiger partial charge on any atom is -0.385 e. The van der Waals surface area contributed by atoms with Crippen molar-refractivity contribution in [2.75, 3.05) is 25.6 Å². The fourth-order valence-electron chi connectivity index (χ4n) is 1.69. The molecule has 0 bridgehead atoms. The smallest absolute Gasteiger partial charge is 0.131 e. The molecular weight excluding hydrogens is 214 g/mol. The van der Waals surface area contributed by atoms with Crippen LogP contribution in [-0.4, -0.2) is 30.2 Å². The summed E-state index contributed by atoms with van der Waals surface area (Å²) in [5.74, 6) is 1.86. The number of aromatic nitrogens is 2. The van der Waals surface area contributed by atoms with Gasteiger partial charge < -0.3 is 10.1 Å². The number of methoxy groups -OCH3 is 1. The maximum Gasteiger partial charge on any atom is 0.131 e. The van der Waals surface area contributed by atoms with Gasteiger partial charge in [-0.15, -0.1) is 0 Å². The van der Waals surface area contributed by atoms with E-state index in [1.807, 2.05) is 6.07 Å². The lowest BCUT2D eigenvalue weighted by atomic mass is 10.2. The number of nitrogens with one attached hydrogen (secondary N) is 1. The Balaban J connectivity index is 2.72. The van der Waals surface area contributed by atoms with E-state index in [9.17, 15) is 0 Å². The van der Waals surface area contributed by atoms with E-state index in [1.54, 1.807) is 7.11 Å². The van der Waals surface area contributed by atoms with Crippen molar-refractivity contribution in [2.24, 2.45) is 0 Å². The first-order chi connectivity index (χ1) is 8.30. The molecule has 0 unspecified atom stereocenters. The van der Waals surface area contributed by atoms with Crippen LogP contribution in [0.3, 0.4) is 0 Å². The van der Waals surface area contributed by atoms with Crippen LogP contribution >= 0.6 is 0 Å². The van der Waals surface area contributed by atoms with Crippen molar-refractivity contribution in [3.8, 4) is 0 Å². The lowest BCUT2D eigenvalue weighted by Gasteiger charge is -2.08. The highest BCUT2D eigenvalue weighted by Gasteiger charge is 2.03. The Labute approximate surface area is 104 Å². The molecule has 0 atom stereocenters. The van der Waals surface area contributed by atoms with E-state index >= 15 is 0 Å². The van der Waals surface area contributed by atoms with Crippen molar-refractivity contribution in [2.45, 2.75) is 39.5 Å². The second-order valence-corrected chi connectivity index (χ2v) is 4.04. The zero-order valence-corrected chi connectivity index (χ0v) is 11.1. The third-order valence-corrected chi connectivity index (χ3v) is 2.44. The summed E-state index contributed by atoms with van der Waals surface area (Å²) in [6.45, 7) is 5.89. The largest absolute Gasteiger partial charge is 0.385 e. The van der Waals surface area contributed by atoms with Gasteiger partial charge in [0.25, 0.3) is 0 Å². The average Bonchev–Trinajstić information content (AvgIpc) is 2.30. The Bertz CT molecular complexity index is 304. The number of nitrogens with zero attached hydrogens (tertiary/aromatic N) is 2. The first-order valence-corrected chi connectivity index (χ1v) is 6.39. The van der Waals surface area contributed by atoms with Gasteiger partial charge in [0.15, 0.2) is 0 Å². The molecule has 0 radical (unpaired) electrons. The van der Waals surface area contributed by atoms with E-state index in [2.05, 4.69) is 29.1 Å². The predicted octanol–water partition coefficient (Wildman–Crippen LogP) is 2.44. The van der Waals surface area contributed by atoms with Gasteiger partial charge in [-0.1, -0.05) is 13.3 Å². The Morgan fingerprint density at radius 2 is 2.06 bits per heavy atom. The molecule has 1 N–H and O–H groups in total. The molecule has 0 amide bonds. The maximum absolute atomic E-state index is 5.05. The first kappa shape index (κ1) is 13.9. The summed E-state index contributed by atoms with van der Waals surface area (Å²) in [7, 11) is 1.72. The summed E-state index contributed by atoms with van der Waals surface area (Å²) in [5.41, 5.74) is 1.13. The van der Waals surface area contributed by atoms with Crippen molar-refractivity contribution in [3.63, 3.8) is 0 Å². The number of ether oxygens (including phenoxy) is 1. The highest BCUT2D eigenvalue weighted by molar-refractivity contribution is 5.36. The molecule has 1 aromatic heterocycles. The molecule has 17 heavy (non-hydrogen) atoms. The summed E-state index contributed by atoms with van der Waals surface area (Å²) >= 11 is 0. The molecule has 0 aliphatic heterocycles. The molecule has 1 rings (SSSR count). The van der Waals surface area contributed by atoms with Gasteiger partial charge in [0.1, 0.15) is 11.6 Å². The second kappa shape index (κ2) is 8.01. The Morgan fingerprint density at radius 1 is 1.24 bits per heavy atom. The van der Waals surface area contributed by atoms with E-state index in [0.717, 1.165) is 56.2 Å². The van der Waals surface area contributed by atoms with Crippen LogP contribution in [0.5, 0.6) is 0 Å². The quantitative estimate of drug-likeness (QED) is 0.705. The van der Waals surface area contributed by atoms with Gasteiger partial charge in [0, 0.05) is 38.4 Å². The minimum absolute atomic E-state index is 0.762. The Hall–Kier alpha value is -1.16. The highest BCUT2D eigenvalue weighted by atomic mass is 16.5. The normalized spacial score (nSPS) is 10.5. The molecule has 0 saturated carbocycles. The van der Waals surface area contributed by atoms with Gasteiger partial charge in [0.05, 0.1) is 0 Å². The van der Waals surface area contributed by atoms with Gasteiger partial charge in [-0.05, 0) is 19.8 Å². The van der Waals surface area contributed by atoms with Crippen molar-refractivity contribution in [1.29, 1.82) is 0 Å². The zero-order valence-electron chi connectivity index (χ0n) is 11.1. The van der Waals surface area contributed by atoms with Crippen molar-refractivity contribution >= 4 is 5.82 Å². The fraction of sp³-hybridized carbons (Fsp3) is 0.692. The molecule has 1 heterocycles. The third-order valence-electron chi connectivity index (χ3n) is 2.44. The molecule has 0 fully saturated rings. The van der Waals surface area contributed by atoms with Gasteiger partial charge in [-0.25, -0.2) is 9.97 Å². The zero-order chi connectivity index (χ0) is 12.5. The molecule has 0 spiro atoms. The predicted molar refractivity (Wildman–Crippen MR) is 70.4 cm³/mol. The molecule has 96 valence electrons. The number of hydrogen-bond donors (Lipinski definition) is 1. The van der Waals surface area contributed by atoms with Gasteiger partial charge in [-0.2, -0.15) is 0 Å². The van der Waals surface area contributed by atoms with Gasteiger partial charge in [-0.3, -0.25) is 0 Å². The van der Waals surface area contributed by atoms with E-state index < -0.39 is 0 Å². The molecule has 0 saturated heterocycles. The van der Waals surface area contributed by atoms with Gasteiger partial charge in [0.2, 0.25) is 0 Å². The van der Waals surface area contributed by atoms with E-state index in [1.165, 1.54) is 0 Å². The van der Waals surface area contributed by atoms with E-state index in [0.29, 0.717) is 0 Å². The molecular formula is C13H23N3O. The molecule has 4 nitrogen and oxygen atoms in total. The van der Waals surface area contributed by atoms with Gasteiger partial charge >= 0.3 is 0 Å². The van der Waals surface area contributed by atoms with Crippen LogP contribution < -0.4 is 5.32 Å². The topological polar surface area (TPSA) is 47.0 Å². The highest BCUT2D eigenvalue weighted by Crippen LogP contribution is 2.10.